The first-order valence-electron chi connectivity index (χ1n) is 2.83. The first-order chi connectivity index (χ1) is 5.12. The third-order valence-electron chi connectivity index (χ3n) is 0.645. The Kier molecular flexibility index (Phi) is 7.97. The molecule has 0 aliphatic rings. The van der Waals surface area contributed by atoms with Gasteiger partial charge in [0.15, 0.2) is 0 Å². The van der Waals surface area contributed by atoms with Gasteiger partial charge in [-0.25, -0.2) is 4.57 Å². The SMILES string of the molecule is O=P(F)(OCCI)OCCI. The van der Waals surface area contributed by atoms with E-state index in [2.05, 4.69) is 9.05 Å². The van der Waals surface area contributed by atoms with Gasteiger partial charge in [-0.15, -0.1) is 4.20 Å². The first kappa shape index (κ1) is 12.5. The summed E-state index contributed by atoms with van der Waals surface area (Å²) in [5.41, 5.74) is 0. The number of halogens is 3. The molecule has 0 amide bonds. The van der Waals surface area contributed by atoms with Crippen molar-refractivity contribution in [3.63, 3.8) is 0 Å². The third-order valence-corrected chi connectivity index (χ3v) is 2.51. The molecule has 0 rings (SSSR count). The molecule has 3 nitrogen and oxygen atoms in total. The van der Waals surface area contributed by atoms with Crippen molar-refractivity contribution in [3.05, 3.63) is 0 Å². The van der Waals surface area contributed by atoms with Gasteiger partial charge in [0.05, 0.1) is 13.2 Å². The maximum Gasteiger partial charge on any atom is 0.513 e. The van der Waals surface area contributed by atoms with Crippen LogP contribution in [0.1, 0.15) is 0 Å². The minimum atomic E-state index is -4.24. The van der Waals surface area contributed by atoms with Gasteiger partial charge in [0.2, 0.25) is 0 Å². The van der Waals surface area contributed by atoms with Crippen LogP contribution in [0.15, 0.2) is 0 Å². The van der Waals surface area contributed by atoms with Crippen LogP contribution in [0.3, 0.4) is 0 Å². The summed E-state index contributed by atoms with van der Waals surface area (Å²) in [5, 5.41) is 0. The Balaban J connectivity index is 3.53. The summed E-state index contributed by atoms with van der Waals surface area (Å²) in [5.74, 6) is 0. The minimum absolute atomic E-state index is 0.121. The van der Waals surface area contributed by atoms with Crippen molar-refractivity contribution in [2.75, 3.05) is 22.1 Å². The Morgan fingerprint density at radius 2 is 1.55 bits per heavy atom. The molecular formula is C4H8FI2O3P. The van der Waals surface area contributed by atoms with Crippen molar-refractivity contribution in [1.82, 2.24) is 0 Å². The summed E-state index contributed by atoms with van der Waals surface area (Å²) in [6.45, 7) is 0.241. The van der Waals surface area contributed by atoms with Gasteiger partial charge in [0.25, 0.3) is 0 Å². The molecule has 0 aromatic carbocycles. The van der Waals surface area contributed by atoms with Gasteiger partial charge < -0.3 is 0 Å². The third kappa shape index (κ3) is 7.89. The maximum atomic E-state index is 12.6. The average Bonchev–Trinajstić information content (AvgIpc) is 1.97. The normalized spacial score (nSPS) is 11.9. The number of hydrogen-bond donors (Lipinski definition) is 0. The molecule has 0 aromatic rings. The molecule has 0 saturated carbocycles. The van der Waals surface area contributed by atoms with Crippen LogP contribution in [-0.2, 0) is 13.6 Å². The van der Waals surface area contributed by atoms with Gasteiger partial charge in [-0.2, -0.15) is 0 Å². The number of hydrogen-bond acceptors (Lipinski definition) is 3. The van der Waals surface area contributed by atoms with Gasteiger partial charge in [0.1, 0.15) is 0 Å². The zero-order valence-corrected chi connectivity index (χ0v) is 10.8. The lowest BCUT2D eigenvalue weighted by Crippen LogP contribution is -1.96. The monoisotopic (exact) mass is 408 g/mol. The van der Waals surface area contributed by atoms with Crippen LogP contribution < -0.4 is 0 Å². The molecule has 11 heavy (non-hydrogen) atoms. The Morgan fingerprint density at radius 1 is 1.18 bits per heavy atom. The van der Waals surface area contributed by atoms with Crippen LogP contribution in [0.25, 0.3) is 0 Å². The van der Waals surface area contributed by atoms with Gasteiger partial charge in [-0.1, -0.05) is 45.2 Å². The zero-order chi connectivity index (χ0) is 8.74. The van der Waals surface area contributed by atoms with Crippen LogP contribution in [0.4, 0.5) is 4.20 Å². The standard InChI is InChI=1S/C4H8FI2O3P/c5-11(8,9-3-1-6)10-4-2-7/h1-4H2. The Morgan fingerprint density at radius 3 is 1.82 bits per heavy atom. The molecule has 0 bridgehead atoms. The Hall–Kier alpha value is 1.54. The van der Waals surface area contributed by atoms with Crippen LogP contribution in [0.2, 0.25) is 0 Å². The highest BCUT2D eigenvalue weighted by atomic mass is 127. The second kappa shape index (κ2) is 6.99. The molecular weight excluding hydrogens is 400 g/mol. The summed E-state index contributed by atoms with van der Waals surface area (Å²) >= 11 is 3.99. The van der Waals surface area contributed by atoms with Crippen molar-refractivity contribution in [3.8, 4) is 0 Å². The molecule has 0 saturated heterocycles. The quantitative estimate of drug-likeness (QED) is 0.386. The molecule has 0 atom stereocenters. The van der Waals surface area contributed by atoms with Crippen LogP contribution >= 0.6 is 53.1 Å². The molecule has 0 aliphatic carbocycles. The summed E-state index contributed by atoms with van der Waals surface area (Å²) in [6.07, 6.45) is 0. The maximum absolute atomic E-state index is 12.6. The van der Waals surface area contributed by atoms with Crippen molar-refractivity contribution in [2.24, 2.45) is 0 Å². The van der Waals surface area contributed by atoms with E-state index in [1.807, 2.05) is 45.2 Å². The average molecular weight is 408 g/mol. The van der Waals surface area contributed by atoms with Crippen molar-refractivity contribution < 1.29 is 17.8 Å². The molecule has 0 unspecified atom stereocenters. The lowest BCUT2D eigenvalue weighted by molar-refractivity contribution is 0.192. The molecule has 68 valence electrons. The predicted octanol–water partition coefficient (Wildman–Crippen LogP) is 2.97. The predicted molar refractivity (Wildman–Crippen MR) is 58.4 cm³/mol. The van der Waals surface area contributed by atoms with E-state index in [0.29, 0.717) is 8.86 Å². The summed E-state index contributed by atoms with van der Waals surface area (Å²) in [6, 6.07) is 0. The second-order valence-electron chi connectivity index (χ2n) is 1.48. The van der Waals surface area contributed by atoms with Crippen LogP contribution in [0.5, 0.6) is 0 Å². The first-order valence-corrected chi connectivity index (χ1v) is 7.31. The molecule has 0 spiro atoms. The van der Waals surface area contributed by atoms with E-state index in [9.17, 15) is 8.76 Å². The highest BCUT2D eigenvalue weighted by Gasteiger charge is 2.22. The summed E-state index contributed by atoms with van der Waals surface area (Å²) in [7, 11) is -4.24. The van der Waals surface area contributed by atoms with E-state index in [-0.39, 0.29) is 13.2 Å². The molecule has 0 radical (unpaired) electrons. The molecule has 0 fully saturated rings. The topological polar surface area (TPSA) is 35.5 Å². The molecule has 0 heterocycles. The molecule has 0 aromatic heterocycles. The van der Waals surface area contributed by atoms with Gasteiger partial charge >= 0.3 is 7.91 Å². The smallest absolute Gasteiger partial charge is 0.283 e. The highest BCUT2D eigenvalue weighted by molar-refractivity contribution is 14.1. The molecule has 0 N–H and O–H groups in total. The Labute approximate surface area is 92.3 Å². The van der Waals surface area contributed by atoms with E-state index in [1.165, 1.54) is 0 Å². The fourth-order valence-electron chi connectivity index (χ4n) is 0.324. The van der Waals surface area contributed by atoms with Crippen LogP contribution in [0, 0.1) is 0 Å². The van der Waals surface area contributed by atoms with Gasteiger partial charge in [0, 0.05) is 8.86 Å². The van der Waals surface area contributed by atoms with Crippen LogP contribution in [-0.4, -0.2) is 22.1 Å². The highest BCUT2D eigenvalue weighted by Crippen LogP contribution is 2.49. The van der Waals surface area contributed by atoms with E-state index in [4.69, 9.17) is 0 Å². The Bertz CT molecular complexity index is 133. The minimum Gasteiger partial charge on any atom is -0.283 e. The van der Waals surface area contributed by atoms with Gasteiger partial charge in [-0.3, -0.25) is 9.05 Å². The van der Waals surface area contributed by atoms with E-state index in [1.54, 1.807) is 0 Å². The van der Waals surface area contributed by atoms with E-state index < -0.39 is 7.91 Å². The lowest BCUT2D eigenvalue weighted by atomic mass is 10.9. The number of rotatable bonds is 6. The summed E-state index contributed by atoms with van der Waals surface area (Å²) in [4.78, 5) is 0. The fraction of sp³-hybridized carbons (Fsp3) is 1.00. The van der Waals surface area contributed by atoms with E-state index in [0.717, 1.165) is 0 Å². The van der Waals surface area contributed by atoms with Crippen molar-refractivity contribution >= 4 is 53.1 Å². The number of alkyl halides is 2. The van der Waals surface area contributed by atoms with Crippen molar-refractivity contribution in [1.29, 1.82) is 0 Å². The second-order valence-corrected chi connectivity index (χ2v) is 5.01. The van der Waals surface area contributed by atoms with Gasteiger partial charge in [-0.05, 0) is 0 Å². The fourth-order valence-corrected chi connectivity index (χ4v) is 2.15. The molecule has 0 aliphatic heterocycles. The largest absolute Gasteiger partial charge is 0.513 e. The lowest BCUT2D eigenvalue weighted by Gasteiger charge is -2.06. The van der Waals surface area contributed by atoms with E-state index >= 15 is 0 Å². The summed E-state index contributed by atoms with van der Waals surface area (Å²) < 4.78 is 33.0. The van der Waals surface area contributed by atoms with Crippen molar-refractivity contribution in [2.45, 2.75) is 0 Å². The molecule has 7 heteroatoms. The zero-order valence-electron chi connectivity index (χ0n) is 5.63.